The van der Waals surface area contributed by atoms with Gasteiger partial charge in [0.1, 0.15) is 6.04 Å². The SMILES string of the molecule is O=C(O)C1CCCN1C(c1ccccc1C(F)(F)F)c1ccnc2ccccc12. The van der Waals surface area contributed by atoms with E-state index >= 15 is 0 Å². The Kier molecular flexibility index (Phi) is 5.00. The molecule has 0 saturated carbocycles. The number of carbonyl (C=O) groups is 1. The highest BCUT2D eigenvalue weighted by atomic mass is 19.4. The fourth-order valence-electron chi connectivity index (χ4n) is 4.24. The highest BCUT2D eigenvalue weighted by molar-refractivity contribution is 5.83. The number of pyridine rings is 1. The molecular weight excluding hydrogens is 381 g/mol. The molecule has 0 aliphatic carbocycles. The van der Waals surface area contributed by atoms with Crippen molar-refractivity contribution in [3.8, 4) is 0 Å². The number of likely N-dealkylation sites (tertiary alicyclic amines) is 1. The van der Waals surface area contributed by atoms with Crippen LogP contribution in [0.3, 0.4) is 0 Å². The first kappa shape index (κ1) is 19.4. The lowest BCUT2D eigenvalue weighted by atomic mass is 9.90. The van der Waals surface area contributed by atoms with E-state index in [9.17, 15) is 23.1 Å². The summed E-state index contributed by atoms with van der Waals surface area (Å²) in [5.74, 6) is -1.02. The van der Waals surface area contributed by atoms with E-state index < -0.39 is 29.8 Å². The normalized spacial score (nSPS) is 18.8. The molecule has 2 aromatic carbocycles. The number of hydrogen-bond acceptors (Lipinski definition) is 3. The van der Waals surface area contributed by atoms with Gasteiger partial charge in [0.2, 0.25) is 0 Å². The van der Waals surface area contributed by atoms with E-state index in [1.807, 2.05) is 12.1 Å². The van der Waals surface area contributed by atoms with Gasteiger partial charge >= 0.3 is 12.1 Å². The molecular formula is C22H19F3N2O2. The zero-order chi connectivity index (χ0) is 20.6. The zero-order valence-electron chi connectivity index (χ0n) is 15.4. The van der Waals surface area contributed by atoms with E-state index in [0.717, 1.165) is 6.07 Å². The number of carboxylic acids is 1. The van der Waals surface area contributed by atoms with Gasteiger partial charge in [-0.3, -0.25) is 14.7 Å². The summed E-state index contributed by atoms with van der Waals surface area (Å²) in [4.78, 5) is 17.8. The number of rotatable bonds is 4. The molecule has 0 radical (unpaired) electrons. The van der Waals surface area contributed by atoms with Crippen LogP contribution in [0.1, 0.15) is 35.6 Å². The number of halogens is 3. The summed E-state index contributed by atoms with van der Waals surface area (Å²) in [7, 11) is 0. The minimum Gasteiger partial charge on any atom is -0.480 e. The van der Waals surface area contributed by atoms with E-state index in [1.165, 1.54) is 12.1 Å². The van der Waals surface area contributed by atoms with Crippen LogP contribution in [0, 0.1) is 0 Å². The Hall–Kier alpha value is -2.93. The number of hydrogen-bond donors (Lipinski definition) is 1. The first-order valence-electron chi connectivity index (χ1n) is 9.36. The maximum atomic E-state index is 13.8. The van der Waals surface area contributed by atoms with Crippen LogP contribution in [0.5, 0.6) is 0 Å². The summed E-state index contributed by atoms with van der Waals surface area (Å²) in [5.41, 5.74) is 0.595. The van der Waals surface area contributed by atoms with E-state index in [1.54, 1.807) is 35.4 Å². The van der Waals surface area contributed by atoms with Gasteiger partial charge in [-0.1, -0.05) is 36.4 Å². The van der Waals surface area contributed by atoms with Gasteiger partial charge in [-0.2, -0.15) is 13.2 Å². The Bertz CT molecular complexity index is 1050. The van der Waals surface area contributed by atoms with Crippen molar-refractivity contribution in [1.29, 1.82) is 0 Å². The van der Waals surface area contributed by atoms with Crippen molar-refractivity contribution in [3.05, 3.63) is 77.5 Å². The third-order valence-corrected chi connectivity index (χ3v) is 5.45. The number of aromatic nitrogens is 1. The molecule has 1 N–H and O–H groups in total. The third kappa shape index (κ3) is 3.58. The van der Waals surface area contributed by atoms with Crippen LogP contribution in [-0.2, 0) is 11.0 Å². The Morgan fingerprint density at radius 1 is 1.07 bits per heavy atom. The maximum absolute atomic E-state index is 13.8. The summed E-state index contributed by atoms with van der Waals surface area (Å²) >= 11 is 0. The average molecular weight is 400 g/mol. The van der Waals surface area contributed by atoms with Crippen LogP contribution in [-0.4, -0.2) is 33.5 Å². The largest absolute Gasteiger partial charge is 0.480 e. The molecule has 29 heavy (non-hydrogen) atoms. The average Bonchev–Trinajstić information content (AvgIpc) is 3.18. The predicted molar refractivity (Wildman–Crippen MR) is 102 cm³/mol. The number of nitrogens with zero attached hydrogens (tertiary/aromatic N) is 2. The molecule has 2 unspecified atom stereocenters. The lowest BCUT2D eigenvalue weighted by Gasteiger charge is -2.34. The summed E-state index contributed by atoms with van der Waals surface area (Å²) in [6.45, 7) is 0.407. The Labute approximate surface area is 165 Å². The molecule has 2 atom stereocenters. The van der Waals surface area contributed by atoms with Crippen molar-refractivity contribution < 1.29 is 23.1 Å². The molecule has 1 aliphatic rings. The zero-order valence-corrected chi connectivity index (χ0v) is 15.4. The minimum absolute atomic E-state index is 0.0597. The molecule has 1 saturated heterocycles. The van der Waals surface area contributed by atoms with E-state index in [0.29, 0.717) is 35.9 Å². The molecule has 1 aliphatic heterocycles. The van der Waals surface area contributed by atoms with E-state index in [2.05, 4.69) is 4.98 Å². The van der Waals surface area contributed by atoms with Crippen molar-refractivity contribution in [3.63, 3.8) is 0 Å². The second-order valence-electron chi connectivity index (χ2n) is 7.14. The van der Waals surface area contributed by atoms with Crippen molar-refractivity contribution >= 4 is 16.9 Å². The summed E-state index contributed by atoms with van der Waals surface area (Å²) < 4.78 is 41.5. The Balaban J connectivity index is 1.98. The number of alkyl halides is 3. The molecule has 1 aromatic heterocycles. The molecule has 2 heterocycles. The highest BCUT2D eigenvalue weighted by Gasteiger charge is 2.42. The lowest BCUT2D eigenvalue weighted by molar-refractivity contribution is -0.142. The van der Waals surface area contributed by atoms with E-state index in [4.69, 9.17) is 0 Å². The van der Waals surface area contributed by atoms with Gasteiger partial charge in [-0.25, -0.2) is 0 Å². The summed E-state index contributed by atoms with van der Waals surface area (Å²) in [5, 5.41) is 10.4. The smallest absolute Gasteiger partial charge is 0.416 e. The number of benzene rings is 2. The number of fused-ring (bicyclic) bond motifs is 1. The fourth-order valence-corrected chi connectivity index (χ4v) is 4.24. The predicted octanol–water partition coefficient (Wildman–Crippen LogP) is 4.89. The van der Waals surface area contributed by atoms with Gasteiger partial charge < -0.3 is 5.11 Å². The van der Waals surface area contributed by atoms with Gasteiger partial charge in [0.25, 0.3) is 0 Å². The summed E-state index contributed by atoms with van der Waals surface area (Å²) in [6.07, 6.45) is -1.96. The number of carboxylic acid groups (broad SMARTS) is 1. The van der Waals surface area contributed by atoms with Gasteiger partial charge in [-0.05, 0) is 42.2 Å². The molecule has 7 heteroatoms. The highest BCUT2D eigenvalue weighted by Crippen LogP contribution is 2.42. The minimum atomic E-state index is -4.55. The van der Waals surface area contributed by atoms with Crippen molar-refractivity contribution in [1.82, 2.24) is 9.88 Å². The van der Waals surface area contributed by atoms with Gasteiger partial charge in [0.15, 0.2) is 0 Å². The second kappa shape index (κ2) is 7.48. The molecule has 4 rings (SSSR count). The molecule has 0 spiro atoms. The van der Waals surface area contributed by atoms with Crippen molar-refractivity contribution in [2.24, 2.45) is 0 Å². The van der Waals surface area contributed by atoms with Crippen LogP contribution < -0.4 is 0 Å². The standard InChI is InChI=1S/C22H19F3N2O2/c23-22(24,25)17-8-3-1-7-16(17)20(27-13-5-10-19(27)21(28)29)15-11-12-26-18-9-4-2-6-14(15)18/h1-4,6-9,11-12,19-20H,5,10,13H2,(H,28,29). The second-order valence-corrected chi connectivity index (χ2v) is 7.14. The summed E-state index contributed by atoms with van der Waals surface area (Å²) in [6, 6.07) is 12.6. The fraction of sp³-hybridized carbons (Fsp3) is 0.273. The first-order chi connectivity index (χ1) is 13.9. The van der Waals surface area contributed by atoms with Crippen LogP contribution in [0.2, 0.25) is 0 Å². The monoisotopic (exact) mass is 400 g/mol. The van der Waals surface area contributed by atoms with Gasteiger partial charge in [0, 0.05) is 18.1 Å². The van der Waals surface area contributed by atoms with Gasteiger partial charge in [0.05, 0.1) is 17.1 Å². The third-order valence-electron chi connectivity index (χ3n) is 5.45. The van der Waals surface area contributed by atoms with Gasteiger partial charge in [-0.15, -0.1) is 0 Å². The van der Waals surface area contributed by atoms with Crippen molar-refractivity contribution in [2.45, 2.75) is 31.1 Å². The maximum Gasteiger partial charge on any atom is 0.416 e. The molecule has 0 bridgehead atoms. The molecule has 150 valence electrons. The Morgan fingerprint density at radius 2 is 1.79 bits per heavy atom. The Morgan fingerprint density at radius 3 is 2.55 bits per heavy atom. The van der Waals surface area contributed by atoms with Crippen LogP contribution >= 0.6 is 0 Å². The number of aliphatic carboxylic acids is 1. The molecule has 4 nitrogen and oxygen atoms in total. The van der Waals surface area contributed by atoms with Crippen LogP contribution in [0.25, 0.3) is 10.9 Å². The molecule has 0 amide bonds. The lowest BCUT2D eigenvalue weighted by Crippen LogP contribution is -2.40. The van der Waals surface area contributed by atoms with Crippen LogP contribution in [0.4, 0.5) is 13.2 Å². The first-order valence-corrected chi connectivity index (χ1v) is 9.36. The van der Waals surface area contributed by atoms with Crippen molar-refractivity contribution in [2.75, 3.05) is 6.54 Å². The molecule has 1 fully saturated rings. The van der Waals surface area contributed by atoms with E-state index in [-0.39, 0.29) is 5.56 Å². The molecule has 3 aromatic rings. The topological polar surface area (TPSA) is 53.4 Å². The number of para-hydroxylation sites is 1. The quantitative estimate of drug-likeness (QED) is 0.677. The van der Waals surface area contributed by atoms with Crippen LogP contribution in [0.15, 0.2) is 60.8 Å².